The molecule has 0 radical (unpaired) electrons. The Morgan fingerprint density at radius 3 is 2.89 bits per heavy atom. The van der Waals surface area contributed by atoms with Crippen LogP contribution in [0.25, 0.3) is 0 Å². The number of nitrogens with zero attached hydrogens (tertiary/aromatic N) is 2. The van der Waals surface area contributed by atoms with E-state index in [9.17, 15) is 10.2 Å². The standard InChI is InChI=1S/C21H32N2O5/c1-4-5-6-14(2)9-19-15(3)23(16-7-8-26-13-16)22-21(19)28-20-11-17(25)10-18(12-24)27-20/h4-6,16-18,20,24-25H,7-13H2,1-3H3/b5-4-,14-6+. The molecule has 3 heterocycles. The monoisotopic (exact) mass is 392 g/mol. The number of aliphatic hydroxyl groups excluding tert-OH is 2. The molecule has 1 aromatic rings. The predicted molar refractivity (Wildman–Crippen MR) is 105 cm³/mol. The van der Waals surface area contributed by atoms with E-state index in [0.717, 1.165) is 30.7 Å². The van der Waals surface area contributed by atoms with Gasteiger partial charge < -0.3 is 24.4 Å². The summed E-state index contributed by atoms with van der Waals surface area (Å²) in [5.41, 5.74) is 3.29. The third kappa shape index (κ3) is 5.03. The third-order valence-corrected chi connectivity index (χ3v) is 5.31. The summed E-state index contributed by atoms with van der Waals surface area (Å²) in [6, 6.07) is 0.207. The lowest BCUT2D eigenvalue weighted by Crippen LogP contribution is -2.40. The average molecular weight is 392 g/mol. The van der Waals surface area contributed by atoms with Crippen LogP contribution in [0.5, 0.6) is 5.88 Å². The molecule has 0 saturated carbocycles. The molecule has 2 aliphatic rings. The van der Waals surface area contributed by atoms with Crippen LogP contribution in [-0.2, 0) is 15.9 Å². The van der Waals surface area contributed by atoms with E-state index < -0.39 is 18.5 Å². The number of rotatable bonds is 7. The van der Waals surface area contributed by atoms with Crippen LogP contribution in [0.1, 0.15) is 50.4 Å². The Hall–Kier alpha value is -1.67. The minimum atomic E-state index is -0.623. The Kier molecular flexibility index (Phi) is 7.29. The fraction of sp³-hybridized carbons (Fsp3) is 0.667. The lowest BCUT2D eigenvalue weighted by molar-refractivity contribution is -0.186. The zero-order valence-corrected chi connectivity index (χ0v) is 17.0. The molecule has 0 bridgehead atoms. The average Bonchev–Trinajstić information content (AvgIpc) is 3.29. The molecule has 28 heavy (non-hydrogen) atoms. The van der Waals surface area contributed by atoms with Crippen molar-refractivity contribution >= 4 is 0 Å². The molecule has 4 atom stereocenters. The van der Waals surface area contributed by atoms with Crippen molar-refractivity contribution in [3.8, 4) is 5.88 Å². The first-order chi connectivity index (χ1) is 13.5. The van der Waals surface area contributed by atoms with E-state index in [1.165, 1.54) is 5.57 Å². The van der Waals surface area contributed by atoms with Crippen molar-refractivity contribution < 1.29 is 24.4 Å². The fourth-order valence-electron chi connectivity index (χ4n) is 3.76. The van der Waals surface area contributed by atoms with Gasteiger partial charge in [0.2, 0.25) is 12.2 Å². The number of aromatic nitrogens is 2. The molecule has 4 unspecified atom stereocenters. The van der Waals surface area contributed by atoms with E-state index >= 15 is 0 Å². The van der Waals surface area contributed by atoms with E-state index in [0.29, 0.717) is 25.3 Å². The minimum Gasteiger partial charge on any atom is -0.446 e. The molecule has 156 valence electrons. The summed E-state index contributed by atoms with van der Waals surface area (Å²) in [7, 11) is 0. The second-order valence-electron chi connectivity index (χ2n) is 7.66. The molecule has 7 heteroatoms. The first-order valence-electron chi connectivity index (χ1n) is 10.1. The SMILES string of the molecule is C/C=C\C=C(/C)Cc1c(OC2CC(O)CC(CO)O2)nn(C2CCOC2)c1C. The van der Waals surface area contributed by atoms with Crippen LogP contribution in [0.2, 0.25) is 0 Å². The summed E-state index contributed by atoms with van der Waals surface area (Å²) in [6.45, 7) is 7.39. The normalized spacial score (nSPS) is 29.0. The number of allylic oxidation sites excluding steroid dienone is 4. The molecule has 2 aliphatic heterocycles. The van der Waals surface area contributed by atoms with Crippen LogP contribution >= 0.6 is 0 Å². The van der Waals surface area contributed by atoms with Crippen LogP contribution in [0.15, 0.2) is 23.8 Å². The molecule has 7 nitrogen and oxygen atoms in total. The molecule has 2 saturated heterocycles. The molecule has 0 spiro atoms. The van der Waals surface area contributed by atoms with Crippen molar-refractivity contribution in [2.45, 2.75) is 71.0 Å². The maximum Gasteiger partial charge on any atom is 0.238 e. The molecule has 0 amide bonds. The van der Waals surface area contributed by atoms with Crippen LogP contribution in [0, 0.1) is 6.92 Å². The molecule has 2 N–H and O–H groups in total. The Balaban J connectivity index is 1.85. The van der Waals surface area contributed by atoms with E-state index in [1.54, 1.807) is 0 Å². The number of hydrogen-bond acceptors (Lipinski definition) is 6. The quantitative estimate of drug-likeness (QED) is 0.694. The van der Waals surface area contributed by atoms with E-state index in [4.69, 9.17) is 19.3 Å². The van der Waals surface area contributed by atoms with E-state index in [-0.39, 0.29) is 12.6 Å². The summed E-state index contributed by atoms with van der Waals surface area (Å²) in [4.78, 5) is 0. The first-order valence-corrected chi connectivity index (χ1v) is 10.1. The number of hydrogen-bond donors (Lipinski definition) is 2. The Labute approximate surface area is 166 Å². The second kappa shape index (κ2) is 9.69. The topological polar surface area (TPSA) is 86.0 Å². The van der Waals surface area contributed by atoms with Crippen LogP contribution in [0.4, 0.5) is 0 Å². The molecule has 0 aromatic carbocycles. The highest BCUT2D eigenvalue weighted by Gasteiger charge is 2.32. The predicted octanol–water partition coefficient (Wildman–Crippen LogP) is 2.45. The van der Waals surface area contributed by atoms with E-state index in [2.05, 4.69) is 19.9 Å². The van der Waals surface area contributed by atoms with Crippen molar-refractivity contribution in [2.24, 2.45) is 0 Å². The summed E-state index contributed by atoms with van der Waals surface area (Å²) < 4.78 is 19.4. The highest BCUT2D eigenvalue weighted by Crippen LogP contribution is 2.32. The van der Waals surface area contributed by atoms with E-state index in [1.807, 2.05) is 23.8 Å². The lowest BCUT2D eigenvalue weighted by atomic mass is 10.1. The highest BCUT2D eigenvalue weighted by molar-refractivity contribution is 5.35. The maximum atomic E-state index is 10.1. The largest absolute Gasteiger partial charge is 0.446 e. The molecular formula is C21H32N2O5. The van der Waals surface area contributed by atoms with Gasteiger partial charge in [-0.1, -0.05) is 23.8 Å². The van der Waals surface area contributed by atoms with Crippen molar-refractivity contribution in [3.05, 3.63) is 35.1 Å². The summed E-state index contributed by atoms with van der Waals surface area (Å²) in [5, 5.41) is 24.2. The fourth-order valence-corrected chi connectivity index (χ4v) is 3.76. The number of ether oxygens (including phenoxy) is 3. The zero-order chi connectivity index (χ0) is 20.1. The maximum absolute atomic E-state index is 10.1. The van der Waals surface area contributed by atoms with Crippen LogP contribution in [0.3, 0.4) is 0 Å². The van der Waals surface area contributed by atoms with Crippen LogP contribution in [-0.4, -0.2) is 58.3 Å². The van der Waals surface area contributed by atoms with Gasteiger partial charge in [-0.05, 0) is 27.2 Å². The van der Waals surface area contributed by atoms with Gasteiger partial charge >= 0.3 is 0 Å². The Bertz CT molecular complexity index is 706. The molecule has 2 fully saturated rings. The van der Waals surface area contributed by atoms with Gasteiger partial charge in [0, 0.05) is 37.1 Å². The molecule has 3 rings (SSSR count). The van der Waals surface area contributed by atoms with Gasteiger partial charge in [0.15, 0.2) is 0 Å². The van der Waals surface area contributed by atoms with Crippen molar-refractivity contribution in [3.63, 3.8) is 0 Å². The second-order valence-corrected chi connectivity index (χ2v) is 7.66. The molecular weight excluding hydrogens is 360 g/mol. The van der Waals surface area contributed by atoms with Crippen molar-refractivity contribution in [1.82, 2.24) is 9.78 Å². The highest BCUT2D eigenvalue weighted by atomic mass is 16.7. The molecule has 1 aromatic heterocycles. The summed E-state index contributed by atoms with van der Waals surface area (Å²) >= 11 is 0. The third-order valence-electron chi connectivity index (χ3n) is 5.31. The van der Waals surface area contributed by atoms with Gasteiger partial charge in [0.05, 0.1) is 31.5 Å². The van der Waals surface area contributed by atoms with Crippen molar-refractivity contribution in [1.29, 1.82) is 0 Å². The first kappa shape index (κ1) is 21.0. The lowest BCUT2D eigenvalue weighted by Gasteiger charge is -2.31. The summed E-state index contributed by atoms with van der Waals surface area (Å²) in [6.07, 6.45) is 6.94. The smallest absolute Gasteiger partial charge is 0.238 e. The number of aliphatic hydroxyl groups is 2. The van der Waals surface area contributed by atoms with Crippen LogP contribution < -0.4 is 4.74 Å². The minimum absolute atomic E-state index is 0.137. The zero-order valence-electron chi connectivity index (χ0n) is 17.0. The van der Waals surface area contributed by atoms with Gasteiger partial charge in [-0.25, -0.2) is 0 Å². The Morgan fingerprint density at radius 1 is 1.39 bits per heavy atom. The Morgan fingerprint density at radius 2 is 2.21 bits per heavy atom. The van der Waals surface area contributed by atoms with Crippen molar-refractivity contribution in [2.75, 3.05) is 19.8 Å². The van der Waals surface area contributed by atoms with Gasteiger partial charge in [-0.15, -0.1) is 5.10 Å². The molecule has 0 aliphatic carbocycles. The van der Waals surface area contributed by atoms with Gasteiger partial charge in [0.25, 0.3) is 0 Å². The summed E-state index contributed by atoms with van der Waals surface area (Å²) in [5.74, 6) is 0.536. The van der Waals surface area contributed by atoms with Gasteiger partial charge in [0.1, 0.15) is 0 Å². The van der Waals surface area contributed by atoms with Gasteiger partial charge in [-0.3, -0.25) is 4.68 Å². The van der Waals surface area contributed by atoms with Gasteiger partial charge in [-0.2, -0.15) is 0 Å².